The number of aromatic nitrogens is 1. The van der Waals surface area contributed by atoms with Gasteiger partial charge in [-0.25, -0.2) is 9.78 Å². The monoisotopic (exact) mass is 357 g/mol. The quantitative estimate of drug-likeness (QED) is 0.719. The first-order chi connectivity index (χ1) is 11.7. The number of aryl methyl sites for hydroxylation is 1. The summed E-state index contributed by atoms with van der Waals surface area (Å²) >= 11 is 1.31. The van der Waals surface area contributed by atoms with Crippen molar-refractivity contribution < 1.29 is 9.90 Å². The molecule has 25 heavy (non-hydrogen) atoms. The molecule has 0 saturated heterocycles. The van der Waals surface area contributed by atoms with Crippen molar-refractivity contribution >= 4 is 22.5 Å². The Hall–Kier alpha value is -2.36. The van der Waals surface area contributed by atoms with Crippen LogP contribution in [0.5, 0.6) is 0 Å². The van der Waals surface area contributed by atoms with E-state index < -0.39 is 17.0 Å². The molecule has 0 unspecified atom stereocenters. The van der Waals surface area contributed by atoms with Gasteiger partial charge in [0.1, 0.15) is 0 Å². The third-order valence-corrected chi connectivity index (χ3v) is 4.76. The van der Waals surface area contributed by atoms with Crippen molar-refractivity contribution in [2.75, 3.05) is 11.9 Å². The highest BCUT2D eigenvalue weighted by molar-refractivity contribution is 7.14. The molecule has 0 aliphatic rings. The van der Waals surface area contributed by atoms with Gasteiger partial charge in [-0.05, 0) is 33.3 Å². The van der Waals surface area contributed by atoms with E-state index in [9.17, 15) is 9.90 Å². The van der Waals surface area contributed by atoms with Crippen LogP contribution >= 0.6 is 11.3 Å². The molecule has 0 spiro atoms. The number of hydrogen-bond donors (Lipinski definition) is 3. The average molecular weight is 357 g/mol. The number of hydrogen-bond acceptors (Lipinski definition) is 4. The predicted molar refractivity (Wildman–Crippen MR) is 102 cm³/mol. The maximum atomic E-state index is 12.0. The first kappa shape index (κ1) is 19.0. The maximum absolute atomic E-state index is 12.0. The minimum atomic E-state index is -0.709. The zero-order chi connectivity index (χ0) is 18.7. The third-order valence-electron chi connectivity index (χ3n) is 4.00. The number of benzene rings is 1. The fraction of sp³-hybridized carbons (Fsp3) is 0.368. The number of rotatable bonds is 5. The molecular formula is C19H23N3O2S. The largest absolute Gasteiger partial charge is 0.394 e. The lowest BCUT2D eigenvalue weighted by atomic mass is 9.80. The van der Waals surface area contributed by atoms with Gasteiger partial charge in [-0.1, -0.05) is 35.7 Å². The van der Waals surface area contributed by atoms with Gasteiger partial charge in [0.25, 0.3) is 0 Å². The summed E-state index contributed by atoms with van der Waals surface area (Å²) in [6.07, 6.45) is 5.81. The molecule has 0 aliphatic carbocycles. The summed E-state index contributed by atoms with van der Waals surface area (Å²) in [6, 6.07) is 7.61. The molecule has 2 aromatic rings. The molecule has 0 fully saturated rings. The fourth-order valence-corrected chi connectivity index (χ4v) is 3.04. The number of aliphatic hydroxyl groups excluding tert-OH is 1. The van der Waals surface area contributed by atoms with Gasteiger partial charge in [-0.3, -0.25) is 5.32 Å². The van der Waals surface area contributed by atoms with Crippen molar-refractivity contribution in [3.05, 3.63) is 46.5 Å². The molecule has 5 nitrogen and oxygen atoms in total. The van der Waals surface area contributed by atoms with Crippen molar-refractivity contribution in [3.63, 3.8) is 0 Å². The summed E-state index contributed by atoms with van der Waals surface area (Å²) in [6.45, 7) is 7.26. The van der Waals surface area contributed by atoms with E-state index >= 15 is 0 Å². The molecule has 132 valence electrons. The second-order valence-electron chi connectivity index (χ2n) is 6.79. The van der Waals surface area contributed by atoms with Crippen molar-refractivity contribution in [1.29, 1.82) is 0 Å². The van der Waals surface area contributed by atoms with E-state index in [0.29, 0.717) is 10.8 Å². The molecule has 3 N–H and O–H groups in total. The van der Waals surface area contributed by atoms with Crippen LogP contribution in [-0.2, 0) is 5.41 Å². The van der Waals surface area contributed by atoms with E-state index in [0.717, 1.165) is 11.1 Å². The number of nitrogens with one attached hydrogen (secondary N) is 2. The van der Waals surface area contributed by atoms with Crippen LogP contribution in [0.1, 0.15) is 37.6 Å². The number of carbonyl (C=O) groups is 1. The van der Waals surface area contributed by atoms with E-state index in [2.05, 4.69) is 21.5 Å². The van der Waals surface area contributed by atoms with Gasteiger partial charge in [0.05, 0.1) is 23.3 Å². The number of urea groups is 1. The molecule has 2 rings (SSSR count). The summed E-state index contributed by atoms with van der Waals surface area (Å²) in [5.74, 6) is 2.83. The zero-order valence-electron chi connectivity index (χ0n) is 14.9. The van der Waals surface area contributed by atoms with Crippen LogP contribution in [0.15, 0.2) is 29.6 Å². The molecule has 1 heterocycles. The Morgan fingerprint density at radius 3 is 2.52 bits per heavy atom. The topological polar surface area (TPSA) is 74.2 Å². The van der Waals surface area contributed by atoms with E-state index in [-0.39, 0.29) is 6.61 Å². The minimum absolute atomic E-state index is 0.161. The smallest absolute Gasteiger partial charge is 0.321 e. The Morgan fingerprint density at radius 2 is 1.96 bits per heavy atom. The lowest BCUT2D eigenvalue weighted by Gasteiger charge is -2.23. The summed E-state index contributed by atoms with van der Waals surface area (Å²) in [4.78, 5) is 16.5. The number of nitrogens with zero attached hydrogens (tertiary/aromatic N) is 1. The van der Waals surface area contributed by atoms with Gasteiger partial charge >= 0.3 is 6.03 Å². The van der Waals surface area contributed by atoms with Crippen LogP contribution in [0, 0.1) is 19.3 Å². The van der Waals surface area contributed by atoms with Gasteiger partial charge in [0, 0.05) is 5.38 Å². The molecule has 1 aromatic carbocycles. The highest BCUT2D eigenvalue weighted by Gasteiger charge is 2.30. The zero-order valence-corrected chi connectivity index (χ0v) is 15.7. The molecule has 6 heteroatoms. The Bertz CT molecular complexity index is 790. The minimum Gasteiger partial charge on any atom is -0.394 e. The van der Waals surface area contributed by atoms with E-state index in [1.54, 1.807) is 13.8 Å². The highest BCUT2D eigenvalue weighted by atomic mass is 32.1. The molecule has 0 aliphatic heterocycles. The maximum Gasteiger partial charge on any atom is 0.321 e. The van der Waals surface area contributed by atoms with Crippen LogP contribution in [0.2, 0.25) is 0 Å². The standard InChI is InChI=1S/C19H23N3O2S/c1-6-19(5,14-9-7-13(2)8-10-14)15-11-25-17(20-15)21-16(24)22-18(3,4)12-23/h1,7-11,23H,12H2,2-5H3,(H2,20,21,22,24)/t19-/m0/s1. The van der Waals surface area contributed by atoms with Gasteiger partial charge in [0.15, 0.2) is 5.13 Å². The molecule has 0 radical (unpaired) electrons. The number of terminal acetylenes is 1. The van der Waals surface area contributed by atoms with E-state index in [1.807, 2.05) is 43.5 Å². The van der Waals surface area contributed by atoms with Gasteiger partial charge < -0.3 is 10.4 Å². The average Bonchev–Trinajstić information content (AvgIpc) is 3.03. The van der Waals surface area contributed by atoms with Crippen LogP contribution in [-0.4, -0.2) is 28.3 Å². The Labute approximate surface area is 152 Å². The molecule has 1 atom stereocenters. The molecule has 2 amide bonds. The van der Waals surface area contributed by atoms with E-state index in [1.165, 1.54) is 11.3 Å². The number of anilines is 1. The van der Waals surface area contributed by atoms with Crippen LogP contribution in [0.4, 0.5) is 9.93 Å². The van der Waals surface area contributed by atoms with E-state index in [4.69, 9.17) is 6.42 Å². The second kappa shape index (κ2) is 7.26. The third kappa shape index (κ3) is 4.38. The summed E-state index contributed by atoms with van der Waals surface area (Å²) in [5, 5.41) is 16.9. The Balaban J connectivity index is 2.20. The van der Waals surface area contributed by atoms with Gasteiger partial charge in [-0.15, -0.1) is 17.8 Å². The van der Waals surface area contributed by atoms with Crippen LogP contribution in [0.3, 0.4) is 0 Å². The number of amides is 2. The number of thiazole rings is 1. The molecule has 0 bridgehead atoms. The first-order valence-corrected chi connectivity index (χ1v) is 8.79. The number of aliphatic hydroxyl groups is 1. The fourth-order valence-electron chi connectivity index (χ4n) is 2.23. The van der Waals surface area contributed by atoms with Crippen molar-refractivity contribution in [2.24, 2.45) is 0 Å². The van der Waals surface area contributed by atoms with Crippen LogP contribution in [0.25, 0.3) is 0 Å². The van der Waals surface area contributed by atoms with Crippen molar-refractivity contribution in [3.8, 4) is 12.3 Å². The second-order valence-corrected chi connectivity index (χ2v) is 7.65. The highest BCUT2D eigenvalue weighted by Crippen LogP contribution is 2.33. The molecule has 1 aromatic heterocycles. The summed E-state index contributed by atoms with van der Waals surface area (Å²) < 4.78 is 0. The van der Waals surface area contributed by atoms with Gasteiger partial charge in [0.2, 0.25) is 0 Å². The number of carbonyl (C=O) groups excluding carboxylic acids is 1. The first-order valence-electron chi connectivity index (χ1n) is 7.91. The lowest BCUT2D eigenvalue weighted by molar-refractivity contribution is 0.187. The SMILES string of the molecule is C#C[C@@](C)(c1ccc(C)cc1)c1csc(NC(=O)NC(C)(C)CO)n1. The summed E-state index contributed by atoms with van der Waals surface area (Å²) in [7, 11) is 0. The Kier molecular flexibility index (Phi) is 5.51. The summed E-state index contributed by atoms with van der Waals surface area (Å²) in [5.41, 5.74) is 1.46. The molecular weight excluding hydrogens is 334 g/mol. The van der Waals surface area contributed by atoms with Crippen molar-refractivity contribution in [1.82, 2.24) is 10.3 Å². The normalized spacial score (nSPS) is 13.6. The van der Waals surface area contributed by atoms with Crippen molar-refractivity contribution in [2.45, 2.75) is 38.6 Å². The predicted octanol–water partition coefficient (Wildman–Crippen LogP) is 3.28. The van der Waals surface area contributed by atoms with Crippen LogP contribution < -0.4 is 10.6 Å². The van der Waals surface area contributed by atoms with Gasteiger partial charge in [-0.2, -0.15) is 0 Å². The molecule has 0 saturated carbocycles. The Morgan fingerprint density at radius 1 is 1.32 bits per heavy atom. The lowest BCUT2D eigenvalue weighted by Crippen LogP contribution is -2.48.